The van der Waals surface area contributed by atoms with Crippen LogP contribution in [0.4, 0.5) is 34.3 Å². The number of H-pyrrole nitrogens is 1. The first-order chi connectivity index (χ1) is 41.8. The highest BCUT2D eigenvalue weighted by molar-refractivity contribution is 7.90. The van der Waals surface area contributed by atoms with Gasteiger partial charge in [0, 0.05) is 108 Å². The lowest BCUT2D eigenvalue weighted by atomic mass is 9.53. The van der Waals surface area contributed by atoms with Crippen LogP contribution in [-0.2, 0) is 30.8 Å². The lowest BCUT2D eigenvalue weighted by Gasteiger charge is -2.62. The van der Waals surface area contributed by atoms with Crippen LogP contribution in [0, 0.1) is 34.3 Å². The van der Waals surface area contributed by atoms with Gasteiger partial charge in [-0.1, -0.05) is 31.2 Å². The van der Waals surface area contributed by atoms with Crippen molar-refractivity contribution in [3.05, 3.63) is 111 Å². The van der Waals surface area contributed by atoms with Gasteiger partial charge in [0.15, 0.2) is 22.3 Å². The maximum absolute atomic E-state index is 15.0. The van der Waals surface area contributed by atoms with E-state index >= 15 is 0 Å². The van der Waals surface area contributed by atoms with E-state index in [1.165, 1.54) is 11.1 Å². The summed E-state index contributed by atoms with van der Waals surface area (Å²) in [6.45, 7) is 14.7. The van der Waals surface area contributed by atoms with E-state index in [0.717, 1.165) is 119 Å². The molecule has 1 aliphatic carbocycles. The Morgan fingerprint density at radius 1 is 0.872 bits per heavy atom. The maximum Gasteiger partial charge on any atom is 0.300 e. The van der Waals surface area contributed by atoms with Gasteiger partial charge in [0.1, 0.15) is 24.0 Å². The number of piperazine rings is 1. The number of carbonyl (C=O) groups is 1. The van der Waals surface area contributed by atoms with E-state index in [0.29, 0.717) is 74.3 Å². The molecule has 8 aliphatic rings. The molecule has 6 atom stereocenters. The van der Waals surface area contributed by atoms with Crippen molar-refractivity contribution in [1.82, 2.24) is 34.5 Å². The number of fused-ring (bicyclic) bond motifs is 4. The number of piperidine rings is 1. The molecule has 24 heteroatoms. The van der Waals surface area contributed by atoms with Gasteiger partial charge in [-0.25, -0.2) is 9.71 Å². The second-order valence-electron chi connectivity index (χ2n) is 24.5. The summed E-state index contributed by atoms with van der Waals surface area (Å²) >= 11 is 0. The largest absolute Gasteiger partial charge is 0.493 e. The van der Waals surface area contributed by atoms with Crippen molar-refractivity contribution in [2.45, 2.75) is 94.2 Å². The summed E-state index contributed by atoms with van der Waals surface area (Å²) < 4.78 is 66.7. The maximum atomic E-state index is 15.0. The number of rotatable bonds is 13. The van der Waals surface area contributed by atoms with E-state index < -0.39 is 37.7 Å². The molecule has 3 N–H and O–H groups in total. The molecule has 1 amide bonds. The third kappa shape index (κ3) is 10.5. The summed E-state index contributed by atoms with van der Waals surface area (Å²) in [7, 11) is -3.11. The van der Waals surface area contributed by atoms with E-state index in [2.05, 4.69) is 88.7 Å². The zero-order chi connectivity index (χ0) is 58.8. The number of benzene rings is 2. The van der Waals surface area contributed by atoms with Crippen molar-refractivity contribution in [2.24, 2.45) is 17.3 Å². The SMILES string of the molecule is COc1cc(CN2CCN(C3CC4(CCN(c5ccc(C(=O)NS(=O)(=O)c6cc([N+](=O)[O-])c7c(n6)OC[C@H](C6CCOCC6)N7)c(N6c7cc8cc[nH]c8nc7O[C@H]7COCC[C@@H]76)c5)CC4)C3C)[C@H](c3ccccc3C)C2)cnc1N1CCOCC1. The predicted octanol–water partition coefficient (Wildman–Crippen LogP) is 7.38. The van der Waals surface area contributed by atoms with Crippen LogP contribution in [-0.4, -0.2) is 172 Å². The summed E-state index contributed by atoms with van der Waals surface area (Å²) in [6, 6.07) is 21.4. The fourth-order valence-electron chi connectivity index (χ4n) is 15.0. The van der Waals surface area contributed by atoms with Gasteiger partial charge < -0.3 is 53.4 Å². The molecule has 1 spiro atoms. The van der Waals surface area contributed by atoms with Crippen LogP contribution in [0.1, 0.15) is 78.5 Å². The minimum Gasteiger partial charge on any atom is -0.493 e. The number of nitro groups is 1. The Hall–Kier alpha value is -7.35. The number of hydrogen-bond donors (Lipinski definition) is 3. The van der Waals surface area contributed by atoms with Crippen LogP contribution in [0.15, 0.2) is 84.1 Å². The summed E-state index contributed by atoms with van der Waals surface area (Å²) in [5.41, 5.74) is 6.10. The Morgan fingerprint density at radius 2 is 1.67 bits per heavy atom. The van der Waals surface area contributed by atoms with Crippen LogP contribution in [0.5, 0.6) is 17.5 Å². The molecule has 6 fully saturated rings. The zero-order valence-corrected chi connectivity index (χ0v) is 49.6. The smallest absolute Gasteiger partial charge is 0.300 e. The molecule has 7 aliphatic heterocycles. The van der Waals surface area contributed by atoms with E-state index in [-0.39, 0.29) is 59.8 Å². The molecule has 2 aromatic carbocycles. The Balaban J connectivity index is 0.722. The number of morpholine rings is 1. The fourth-order valence-corrected chi connectivity index (χ4v) is 15.9. The number of aromatic amines is 1. The molecular weight excluding hydrogens is 1120 g/mol. The molecule has 5 saturated heterocycles. The van der Waals surface area contributed by atoms with Gasteiger partial charge in [-0.15, -0.1) is 0 Å². The molecule has 23 nitrogen and oxygen atoms in total. The third-order valence-electron chi connectivity index (χ3n) is 19.9. The highest BCUT2D eigenvalue weighted by atomic mass is 32.2. The number of aryl methyl sites for hydroxylation is 1. The summed E-state index contributed by atoms with van der Waals surface area (Å²) in [4.78, 5) is 56.2. The van der Waals surface area contributed by atoms with Gasteiger partial charge in [0.05, 0.1) is 61.3 Å². The molecule has 11 heterocycles. The normalized spacial score (nSPS) is 25.2. The van der Waals surface area contributed by atoms with Gasteiger partial charge in [-0.3, -0.25) is 24.7 Å². The molecule has 454 valence electrons. The molecule has 0 bridgehead atoms. The number of ether oxygens (including phenoxy) is 6. The molecule has 4 aromatic heterocycles. The monoisotopic (exact) mass is 1190 g/mol. The first kappa shape index (κ1) is 56.5. The second-order valence-corrected chi connectivity index (χ2v) is 26.1. The molecule has 14 rings (SSSR count). The van der Waals surface area contributed by atoms with Crippen LogP contribution < -0.4 is 38.9 Å². The summed E-state index contributed by atoms with van der Waals surface area (Å²) in [5.74, 6) is 1.43. The average Bonchev–Trinajstić information content (AvgIpc) is 0.977. The van der Waals surface area contributed by atoms with Crippen molar-refractivity contribution in [1.29, 1.82) is 0 Å². The third-order valence-corrected chi connectivity index (χ3v) is 21.1. The number of aromatic nitrogens is 4. The Morgan fingerprint density at radius 3 is 2.47 bits per heavy atom. The van der Waals surface area contributed by atoms with Gasteiger partial charge in [0.2, 0.25) is 11.8 Å². The number of methoxy groups -OCH3 is 1. The van der Waals surface area contributed by atoms with Gasteiger partial charge in [-0.2, -0.15) is 18.4 Å². The van der Waals surface area contributed by atoms with Gasteiger partial charge >= 0.3 is 5.69 Å². The first-order valence-corrected chi connectivity index (χ1v) is 31.8. The van der Waals surface area contributed by atoms with E-state index in [4.69, 9.17) is 38.4 Å². The van der Waals surface area contributed by atoms with E-state index in [1.807, 2.05) is 30.5 Å². The Bertz CT molecular complexity index is 3660. The topological polar surface area (TPSA) is 244 Å². The summed E-state index contributed by atoms with van der Waals surface area (Å²) in [5, 5.41) is 15.9. The zero-order valence-electron chi connectivity index (χ0n) is 48.8. The molecular formula is C62H74N12O11S. The quantitative estimate of drug-likeness (QED) is 0.0754. The van der Waals surface area contributed by atoms with Crippen LogP contribution in [0.25, 0.3) is 11.0 Å². The summed E-state index contributed by atoms with van der Waals surface area (Å²) in [6.07, 6.45) is 8.46. The average molecular weight is 1200 g/mol. The number of carbonyl (C=O) groups excluding carboxylic acids is 1. The van der Waals surface area contributed by atoms with Crippen molar-refractivity contribution >= 4 is 61.2 Å². The van der Waals surface area contributed by atoms with Crippen LogP contribution in [0.2, 0.25) is 0 Å². The number of anilines is 5. The van der Waals surface area contributed by atoms with Gasteiger partial charge in [0.25, 0.3) is 15.9 Å². The Labute approximate surface area is 499 Å². The predicted molar refractivity (Wildman–Crippen MR) is 321 cm³/mol. The highest BCUT2D eigenvalue weighted by Crippen LogP contribution is 2.57. The van der Waals surface area contributed by atoms with Crippen molar-refractivity contribution in [3.63, 3.8) is 0 Å². The van der Waals surface area contributed by atoms with Crippen LogP contribution >= 0.6 is 0 Å². The Kier molecular flexibility index (Phi) is 15.1. The van der Waals surface area contributed by atoms with Crippen molar-refractivity contribution < 1.29 is 46.6 Å². The molecule has 1 saturated carbocycles. The number of amides is 1. The first-order valence-electron chi connectivity index (χ1n) is 30.3. The molecule has 6 aromatic rings. The number of sulfonamides is 1. The molecule has 0 radical (unpaired) electrons. The fraction of sp³-hybridized carbons (Fsp3) is 0.516. The van der Waals surface area contributed by atoms with E-state index in [1.54, 1.807) is 19.4 Å². The van der Waals surface area contributed by atoms with Crippen molar-refractivity contribution in [3.8, 4) is 17.5 Å². The highest BCUT2D eigenvalue weighted by Gasteiger charge is 2.56. The van der Waals surface area contributed by atoms with E-state index in [9.17, 15) is 23.3 Å². The standard InChI is InChI=1S/C62H74N12O11S/c1-38-6-4-5-7-44(38)52-35-69(34-40-28-53(80-3)58(64-33-40)71-21-26-82-27-22-71)19-20-72(52)51-32-62(39(51)2)14-17-70(18-15-62)43-8-9-45(48(30-43)73-47-13-25-83-37-54(47)85-60-50(73)29-42-10-16-63-57(42)67-60)59(75)68-86(78,79)55-31-49(74(76)77)56-61(66-55)84-36-46(65-56)41-11-23-81-24-12-41/h4-10,16,28-31,33,39,41,46-47,51-52,54,65H,11-15,17-27,32,34-37H2,1-3H3,(H,63,67)(H,68,75)/t39?,46-,47+,51?,52+,54+/m1/s1. The molecule has 86 heavy (non-hydrogen) atoms. The lowest BCUT2D eigenvalue weighted by molar-refractivity contribution is -0.384. The second kappa shape index (κ2) is 23.1. The molecule has 2 unspecified atom stereocenters. The number of nitrogens with zero attached hydrogens (tertiary/aromatic N) is 9. The number of hydrogen-bond acceptors (Lipinski definition) is 20. The number of pyridine rings is 3. The van der Waals surface area contributed by atoms with Crippen LogP contribution in [0.3, 0.4) is 0 Å². The minimum atomic E-state index is -4.83. The minimum absolute atomic E-state index is 0.00242. The number of nitrogens with one attached hydrogen (secondary N) is 3. The van der Waals surface area contributed by atoms with Crippen molar-refractivity contribution in [2.75, 3.05) is 119 Å². The lowest BCUT2D eigenvalue weighted by Crippen LogP contribution is -2.64. The van der Waals surface area contributed by atoms with Gasteiger partial charge in [-0.05, 0) is 116 Å².